The van der Waals surface area contributed by atoms with Crippen molar-refractivity contribution in [1.29, 1.82) is 0 Å². The number of aromatic nitrogens is 5. The number of imidazole rings is 1. The first-order valence-electron chi connectivity index (χ1n) is 11.4. The fourth-order valence-electron chi connectivity index (χ4n) is 4.78. The van der Waals surface area contributed by atoms with Crippen LogP contribution in [0, 0.1) is 0 Å². The largest absolute Gasteiger partial charge is 0.383 e. The third-order valence-electron chi connectivity index (χ3n) is 6.38. The van der Waals surface area contributed by atoms with Crippen molar-refractivity contribution >= 4 is 45.3 Å². The number of anilines is 3. The Morgan fingerprint density at radius 3 is 2.65 bits per heavy atom. The minimum absolute atomic E-state index is 0.310. The van der Waals surface area contributed by atoms with Crippen molar-refractivity contribution in [3.8, 4) is 11.4 Å². The number of para-hydroxylation sites is 1. The molecule has 2 aromatic carbocycles. The van der Waals surface area contributed by atoms with E-state index in [1.165, 1.54) is 19.2 Å². The van der Waals surface area contributed by atoms with E-state index in [1.54, 1.807) is 0 Å². The van der Waals surface area contributed by atoms with Crippen LogP contribution in [0.25, 0.3) is 33.5 Å². The number of carbonyl (C=O) groups is 1. The zero-order valence-corrected chi connectivity index (χ0v) is 18.5. The first kappa shape index (κ1) is 20.2. The molecular formula is C25H24N8O. The Morgan fingerprint density at radius 1 is 1.03 bits per heavy atom. The summed E-state index contributed by atoms with van der Waals surface area (Å²) in [5.74, 6) is 1.14. The monoisotopic (exact) mass is 452 g/mol. The molecule has 0 atom stereocenters. The molecule has 0 radical (unpaired) electrons. The van der Waals surface area contributed by atoms with Gasteiger partial charge in [0.15, 0.2) is 0 Å². The normalized spacial score (nSPS) is 14.1. The van der Waals surface area contributed by atoms with Gasteiger partial charge in [-0.3, -0.25) is 0 Å². The van der Waals surface area contributed by atoms with E-state index in [4.69, 9.17) is 10.7 Å². The standard InChI is InChI=1S/C25H24N8O/c26-22-21-18(13-33(17-8-4-5-9-17)24(21)28-14-27-22)23-31-19-11-10-16(12-20(19)32-23)30-25(34)29-15-6-2-1-3-7-15/h1-3,6-7,10-14,17H,4-5,8-9H2,(H,31,32)(H2,26,27,28)(H2,29,30,34). The van der Waals surface area contributed by atoms with Gasteiger partial charge in [-0.15, -0.1) is 0 Å². The maximum atomic E-state index is 12.4. The second kappa shape index (κ2) is 8.18. The van der Waals surface area contributed by atoms with Gasteiger partial charge < -0.3 is 25.9 Å². The van der Waals surface area contributed by atoms with E-state index in [-0.39, 0.29) is 6.03 Å². The average Bonchev–Trinajstić information content (AvgIpc) is 3.58. The highest BCUT2D eigenvalue weighted by Gasteiger charge is 2.24. The highest BCUT2D eigenvalue weighted by Crippen LogP contribution is 2.38. The highest BCUT2D eigenvalue weighted by atomic mass is 16.2. The van der Waals surface area contributed by atoms with Crippen molar-refractivity contribution < 1.29 is 4.79 Å². The average molecular weight is 453 g/mol. The van der Waals surface area contributed by atoms with Crippen LogP contribution in [0.4, 0.5) is 22.0 Å². The molecule has 34 heavy (non-hydrogen) atoms. The van der Waals surface area contributed by atoms with Crippen LogP contribution < -0.4 is 16.4 Å². The third kappa shape index (κ3) is 3.61. The lowest BCUT2D eigenvalue weighted by molar-refractivity contribution is 0.262. The molecule has 5 N–H and O–H groups in total. The number of nitrogens with two attached hydrogens (primary N) is 1. The van der Waals surface area contributed by atoms with E-state index >= 15 is 0 Å². The predicted molar refractivity (Wildman–Crippen MR) is 134 cm³/mol. The number of amides is 2. The summed E-state index contributed by atoms with van der Waals surface area (Å²) in [5, 5.41) is 6.50. The number of nitrogens with zero attached hydrogens (tertiary/aromatic N) is 4. The van der Waals surface area contributed by atoms with E-state index in [1.807, 2.05) is 48.5 Å². The van der Waals surface area contributed by atoms with Gasteiger partial charge in [0.05, 0.1) is 16.4 Å². The summed E-state index contributed by atoms with van der Waals surface area (Å²) in [7, 11) is 0. The van der Waals surface area contributed by atoms with Gasteiger partial charge >= 0.3 is 6.03 Å². The van der Waals surface area contributed by atoms with Crippen LogP contribution in [0.5, 0.6) is 0 Å². The summed E-state index contributed by atoms with van der Waals surface area (Å²) >= 11 is 0. The molecule has 1 fully saturated rings. The van der Waals surface area contributed by atoms with Crippen LogP contribution in [0.1, 0.15) is 31.7 Å². The molecule has 9 heteroatoms. The second-order valence-electron chi connectivity index (χ2n) is 8.61. The number of nitrogen functional groups attached to an aromatic ring is 1. The molecule has 0 unspecified atom stereocenters. The molecule has 0 spiro atoms. The summed E-state index contributed by atoms with van der Waals surface area (Å²) in [6.07, 6.45) is 8.32. The van der Waals surface area contributed by atoms with Crippen LogP contribution in [0.3, 0.4) is 0 Å². The fourth-order valence-corrected chi connectivity index (χ4v) is 4.78. The molecule has 1 saturated carbocycles. The summed E-state index contributed by atoms with van der Waals surface area (Å²) in [6.45, 7) is 0. The quantitative estimate of drug-likeness (QED) is 0.294. The van der Waals surface area contributed by atoms with Gasteiger partial charge in [0.2, 0.25) is 0 Å². The van der Waals surface area contributed by atoms with Gasteiger partial charge in [0.1, 0.15) is 23.6 Å². The molecule has 6 rings (SSSR count). The van der Waals surface area contributed by atoms with Crippen LogP contribution in [0.15, 0.2) is 61.1 Å². The Kier molecular flexibility index (Phi) is 4.87. The van der Waals surface area contributed by atoms with Gasteiger partial charge in [-0.05, 0) is 43.2 Å². The molecule has 3 aromatic heterocycles. The molecule has 9 nitrogen and oxygen atoms in total. The minimum Gasteiger partial charge on any atom is -0.383 e. The molecule has 0 saturated heterocycles. The van der Waals surface area contributed by atoms with Crippen LogP contribution >= 0.6 is 0 Å². The summed E-state index contributed by atoms with van der Waals surface area (Å²) in [4.78, 5) is 29.3. The Bertz CT molecular complexity index is 1500. The van der Waals surface area contributed by atoms with Gasteiger partial charge in [0.25, 0.3) is 0 Å². The van der Waals surface area contributed by atoms with Crippen molar-refractivity contribution in [3.05, 3.63) is 61.1 Å². The number of urea groups is 1. The molecular weight excluding hydrogens is 428 g/mol. The van der Waals surface area contributed by atoms with Gasteiger partial charge in [-0.2, -0.15) is 0 Å². The van der Waals surface area contributed by atoms with E-state index < -0.39 is 0 Å². The number of rotatable bonds is 4. The summed E-state index contributed by atoms with van der Waals surface area (Å²) in [5.41, 5.74) is 11.0. The molecule has 1 aliphatic carbocycles. The lowest BCUT2D eigenvalue weighted by Crippen LogP contribution is -2.19. The van der Waals surface area contributed by atoms with Crippen molar-refractivity contribution in [2.24, 2.45) is 0 Å². The van der Waals surface area contributed by atoms with E-state index in [0.29, 0.717) is 23.4 Å². The first-order valence-corrected chi connectivity index (χ1v) is 11.4. The smallest absolute Gasteiger partial charge is 0.323 e. The lowest BCUT2D eigenvalue weighted by Gasteiger charge is -2.12. The maximum absolute atomic E-state index is 12.4. The number of H-pyrrole nitrogens is 1. The lowest BCUT2D eigenvalue weighted by atomic mass is 10.2. The molecule has 0 bridgehead atoms. The first-order chi connectivity index (χ1) is 16.7. The summed E-state index contributed by atoms with van der Waals surface area (Å²) in [6, 6.07) is 15.0. The number of nitrogens with one attached hydrogen (secondary N) is 3. The van der Waals surface area contributed by atoms with Crippen molar-refractivity contribution in [1.82, 2.24) is 24.5 Å². The molecule has 3 heterocycles. The van der Waals surface area contributed by atoms with Gasteiger partial charge in [0, 0.05) is 29.2 Å². The van der Waals surface area contributed by atoms with Gasteiger partial charge in [-0.1, -0.05) is 31.0 Å². The predicted octanol–water partition coefficient (Wildman–Crippen LogP) is 5.32. The molecule has 170 valence electrons. The highest BCUT2D eigenvalue weighted by molar-refractivity contribution is 6.02. The topological polar surface area (TPSA) is 127 Å². The van der Waals surface area contributed by atoms with Crippen molar-refractivity contribution in [3.63, 3.8) is 0 Å². The molecule has 5 aromatic rings. The van der Waals surface area contributed by atoms with Crippen LogP contribution in [0.2, 0.25) is 0 Å². The van der Waals surface area contributed by atoms with Crippen LogP contribution in [-0.4, -0.2) is 30.5 Å². The van der Waals surface area contributed by atoms with Crippen molar-refractivity contribution in [2.75, 3.05) is 16.4 Å². The van der Waals surface area contributed by atoms with E-state index in [0.717, 1.165) is 46.2 Å². The zero-order chi connectivity index (χ0) is 23.1. The Hall–Kier alpha value is -4.40. The number of aromatic amines is 1. The number of fused-ring (bicyclic) bond motifs is 2. The number of hydrogen-bond acceptors (Lipinski definition) is 5. The third-order valence-corrected chi connectivity index (χ3v) is 6.38. The van der Waals surface area contributed by atoms with E-state index in [9.17, 15) is 4.79 Å². The second-order valence-corrected chi connectivity index (χ2v) is 8.61. The summed E-state index contributed by atoms with van der Waals surface area (Å²) < 4.78 is 2.23. The van der Waals surface area contributed by atoms with E-state index in [2.05, 4.69) is 36.3 Å². The van der Waals surface area contributed by atoms with Crippen molar-refractivity contribution in [2.45, 2.75) is 31.7 Å². The Morgan fingerprint density at radius 2 is 1.82 bits per heavy atom. The van der Waals surface area contributed by atoms with Crippen LogP contribution in [-0.2, 0) is 0 Å². The Balaban J connectivity index is 1.33. The van der Waals surface area contributed by atoms with Gasteiger partial charge in [-0.25, -0.2) is 19.7 Å². The molecule has 2 amide bonds. The number of benzene rings is 2. The number of hydrogen-bond donors (Lipinski definition) is 4. The molecule has 1 aliphatic rings. The minimum atomic E-state index is -0.310. The fraction of sp³-hybridized carbons (Fsp3) is 0.200. The maximum Gasteiger partial charge on any atom is 0.323 e. The molecule has 0 aliphatic heterocycles. The number of carbonyl (C=O) groups excluding carboxylic acids is 1. The SMILES string of the molecule is Nc1ncnc2c1c(-c1nc3ccc(NC(=O)Nc4ccccc4)cc3[nH]1)cn2C1CCCC1. The zero-order valence-electron chi connectivity index (χ0n) is 18.5. The Labute approximate surface area is 195 Å².